The molecule has 4 aromatic rings. The molecule has 2 heterocycles. The van der Waals surface area contributed by atoms with Crippen molar-refractivity contribution in [3.63, 3.8) is 0 Å². The van der Waals surface area contributed by atoms with Crippen LogP contribution in [-0.2, 0) is 0 Å². The Hall–Kier alpha value is -3.43. The van der Waals surface area contributed by atoms with Crippen LogP contribution in [0.15, 0.2) is 48.7 Å². The van der Waals surface area contributed by atoms with Crippen LogP contribution in [0.5, 0.6) is 11.5 Å². The summed E-state index contributed by atoms with van der Waals surface area (Å²) < 4.78 is 10.6. The summed E-state index contributed by atoms with van der Waals surface area (Å²) in [7, 11) is 3.13. The number of nitrogens with zero attached hydrogens (tertiary/aromatic N) is 3. The lowest BCUT2D eigenvalue weighted by atomic mass is 10.2. The first-order chi connectivity index (χ1) is 14.6. The molecule has 0 radical (unpaired) electrons. The van der Waals surface area contributed by atoms with E-state index in [9.17, 15) is 4.79 Å². The number of nitrogens with one attached hydrogen (secondary N) is 2. The minimum absolute atomic E-state index is 0.139. The van der Waals surface area contributed by atoms with E-state index >= 15 is 0 Å². The minimum atomic E-state index is -0.363. The van der Waals surface area contributed by atoms with E-state index in [2.05, 4.69) is 25.5 Å². The zero-order chi connectivity index (χ0) is 21.1. The Morgan fingerprint density at radius 2 is 1.97 bits per heavy atom. The highest BCUT2D eigenvalue weighted by Crippen LogP contribution is 2.32. The van der Waals surface area contributed by atoms with Gasteiger partial charge in [-0.2, -0.15) is 4.98 Å². The van der Waals surface area contributed by atoms with Gasteiger partial charge in [0, 0.05) is 11.6 Å². The number of ether oxygens (including phenoxy) is 2. The second-order valence-electron chi connectivity index (χ2n) is 6.04. The number of aromatic amines is 1. The van der Waals surface area contributed by atoms with Crippen LogP contribution in [0.1, 0.15) is 9.67 Å². The predicted molar refractivity (Wildman–Crippen MR) is 115 cm³/mol. The summed E-state index contributed by atoms with van der Waals surface area (Å²) in [6, 6.07) is 12.7. The van der Waals surface area contributed by atoms with Crippen molar-refractivity contribution in [2.75, 3.05) is 19.5 Å². The number of amides is 1. The van der Waals surface area contributed by atoms with Gasteiger partial charge in [-0.15, -0.1) is 16.4 Å². The third-order valence-corrected chi connectivity index (χ3v) is 5.57. The zero-order valence-corrected chi connectivity index (χ0v) is 17.5. The lowest BCUT2D eigenvalue weighted by Gasteiger charge is -2.07. The summed E-state index contributed by atoms with van der Waals surface area (Å²) in [5.41, 5.74) is 1.46. The molecule has 4 rings (SSSR count). The second-order valence-corrected chi connectivity index (χ2v) is 7.48. The molecular weight excluding hydrogens is 426 g/mol. The number of methoxy groups -OCH3 is 2. The smallest absolute Gasteiger partial charge is 0.269 e. The maximum absolute atomic E-state index is 12.6. The van der Waals surface area contributed by atoms with Crippen LogP contribution < -0.4 is 14.8 Å². The van der Waals surface area contributed by atoms with Gasteiger partial charge in [0.05, 0.1) is 31.0 Å². The quantitative estimate of drug-likeness (QED) is 0.456. The summed E-state index contributed by atoms with van der Waals surface area (Å²) in [4.78, 5) is 21.6. The molecule has 0 saturated heterocycles. The standard InChI is InChI=1S/C20H16ClN5O3S/c1-28-11-7-8-13(15(9-11)29-2)17-23-20(26-25-17)24-18(27)16-10-22-19(30-16)12-5-3-4-6-14(12)21/h3-10H,1-2H3,(H2,23,24,25,26,27). The first-order valence-corrected chi connectivity index (χ1v) is 9.95. The summed E-state index contributed by atoms with van der Waals surface area (Å²) in [6.45, 7) is 0. The Morgan fingerprint density at radius 3 is 2.73 bits per heavy atom. The number of rotatable bonds is 6. The van der Waals surface area contributed by atoms with E-state index in [1.807, 2.05) is 18.2 Å². The number of hydrogen-bond acceptors (Lipinski definition) is 7. The van der Waals surface area contributed by atoms with Gasteiger partial charge in [-0.05, 0) is 18.2 Å². The van der Waals surface area contributed by atoms with Gasteiger partial charge in [-0.3, -0.25) is 15.2 Å². The van der Waals surface area contributed by atoms with E-state index in [0.29, 0.717) is 37.8 Å². The lowest BCUT2D eigenvalue weighted by Crippen LogP contribution is -2.11. The Balaban J connectivity index is 1.52. The van der Waals surface area contributed by atoms with E-state index in [1.54, 1.807) is 38.5 Å². The number of anilines is 1. The molecule has 2 aromatic carbocycles. The van der Waals surface area contributed by atoms with Gasteiger partial charge in [-0.1, -0.05) is 29.8 Å². The Bertz CT molecular complexity index is 1210. The summed E-state index contributed by atoms with van der Waals surface area (Å²) in [5.74, 6) is 1.45. The molecule has 2 N–H and O–H groups in total. The average molecular weight is 442 g/mol. The second kappa shape index (κ2) is 8.52. The van der Waals surface area contributed by atoms with Gasteiger partial charge in [0.15, 0.2) is 5.82 Å². The number of thiazole rings is 1. The summed E-state index contributed by atoms with van der Waals surface area (Å²) in [6.07, 6.45) is 1.50. The van der Waals surface area contributed by atoms with E-state index in [4.69, 9.17) is 21.1 Å². The van der Waals surface area contributed by atoms with Crippen molar-refractivity contribution >= 4 is 34.8 Å². The molecule has 152 valence electrons. The fourth-order valence-electron chi connectivity index (χ4n) is 2.73. The van der Waals surface area contributed by atoms with Gasteiger partial charge >= 0.3 is 0 Å². The van der Waals surface area contributed by atoms with Crippen molar-refractivity contribution in [3.8, 4) is 33.5 Å². The highest BCUT2D eigenvalue weighted by atomic mass is 35.5. The SMILES string of the molecule is COc1ccc(-c2nc(NC(=O)c3cnc(-c4ccccc4Cl)s3)n[nH]2)c(OC)c1. The van der Waals surface area contributed by atoms with Crippen molar-refractivity contribution in [2.24, 2.45) is 0 Å². The molecule has 0 unspecified atom stereocenters. The monoisotopic (exact) mass is 441 g/mol. The van der Waals surface area contributed by atoms with Crippen LogP contribution in [0, 0.1) is 0 Å². The third-order valence-electron chi connectivity index (χ3n) is 4.21. The number of hydrogen-bond donors (Lipinski definition) is 2. The number of H-pyrrole nitrogens is 1. The van der Waals surface area contributed by atoms with Gasteiger partial charge in [0.1, 0.15) is 21.4 Å². The van der Waals surface area contributed by atoms with Crippen molar-refractivity contribution < 1.29 is 14.3 Å². The number of carbonyl (C=O) groups excluding carboxylic acids is 1. The highest BCUT2D eigenvalue weighted by molar-refractivity contribution is 7.17. The first kappa shape index (κ1) is 19.9. The zero-order valence-electron chi connectivity index (χ0n) is 16.0. The van der Waals surface area contributed by atoms with Gasteiger partial charge < -0.3 is 9.47 Å². The van der Waals surface area contributed by atoms with Crippen molar-refractivity contribution in [1.82, 2.24) is 20.2 Å². The molecule has 0 aliphatic rings. The van der Waals surface area contributed by atoms with E-state index in [0.717, 1.165) is 5.56 Å². The van der Waals surface area contributed by atoms with Crippen LogP contribution in [0.3, 0.4) is 0 Å². The molecule has 0 spiro atoms. The molecule has 0 saturated carbocycles. The number of carbonyl (C=O) groups is 1. The Labute approximate surface area is 180 Å². The van der Waals surface area contributed by atoms with E-state index in [-0.39, 0.29) is 11.9 Å². The highest BCUT2D eigenvalue weighted by Gasteiger charge is 2.17. The average Bonchev–Trinajstić information content (AvgIpc) is 3.43. The predicted octanol–water partition coefficient (Wildman–Crippen LogP) is 4.52. The van der Waals surface area contributed by atoms with Gasteiger partial charge in [0.2, 0.25) is 5.95 Å². The van der Waals surface area contributed by atoms with E-state index < -0.39 is 0 Å². The topological polar surface area (TPSA) is 102 Å². The maximum atomic E-state index is 12.6. The van der Waals surface area contributed by atoms with Crippen LogP contribution >= 0.6 is 22.9 Å². The molecule has 8 nitrogen and oxygen atoms in total. The molecule has 0 aliphatic heterocycles. The molecule has 30 heavy (non-hydrogen) atoms. The molecule has 1 amide bonds. The van der Waals surface area contributed by atoms with Crippen LogP contribution in [-0.4, -0.2) is 40.3 Å². The molecule has 0 atom stereocenters. The fourth-order valence-corrected chi connectivity index (χ4v) is 3.87. The molecule has 0 aliphatic carbocycles. The van der Waals surface area contributed by atoms with Crippen LogP contribution in [0.4, 0.5) is 5.95 Å². The largest absolute Gasteiger partial charge is 0.497 e. The third kappa shape index (κ3) is 3.98. The number of benzene rings is 2. The fraction of sp³-hybridized carbons (Fsp3) is 0.100. The van der Waals surface area contributed by atoms with Crippen molar-refractivity contribution in [2.45, 2.75) is 0 Å². The number of halogens is 1. The lowest BCUT2D eigenvalue weighted by molar-refractivity contribution is 0.102. The normalized spacial score (nSPS) is 10.6. The molecular formula is C20H16ClN5O3S. The van der Waals surface area contributed by atoms with E-state index in [1.165, 1.54) is 17.5 Å². The molecule has 2 aromatic heterocycles. The molecule has 0 fully saturated rings. The minimum Gasteiger partial charge on any atom is -0.497 e. The summed E-state index contributed by atoms with van der Waals surface area (Å²) >= 11 is 7.44. The van der Waals surface area contributed by atoms with Crippen molar-refractivity contribution in [1.29, 1.82) is 0 Å². The van der Waals surface area contributed by atoms with Crippen molar-refractivity contribution in [3.05, 3.63) is 58.6 Å². The Kier molecular flexibility index (Phi) is 5.64. The molecule has 0 bridgehead atoms. The van der Waals surface area contributed by atoms with Crippen LogP contribution in [0.2, 0.25) is 5.02 Å². The molecule has 10 heteroatoms. The summed E-state index contributed by atoms with van der Waals surface area (Å²) in [5, 5.41) is 10.8. The number of aromatic nitrogens is 4. The first-order valence-electron chi connectivity index (χ1n) is 8.76. The van der Waals surface area contributed by atoms with Gasteiger partial charge in [0.25, 0.3) is 5.91 Å². The van der Waals surface area contributed by atoms with Gasteiger partial charge in [-0.25, -0.2) is 4.98 Å². The Morgan fingerprint density at radius 1 is 1.13 bits per heavy atom. The maximum Gasteiger partial charge on any atom is 0.269 e. The van der Waals surface area contributed by atoms with Crippen LogP contribution in [0.25, 0.3) is 22.0 Å².